The van der Waals surface area contributed by atoms with E-state index in [0.717, 1.165) is 31.7 Å². The largest absolute Gasteiger partial charge is 0.506 e. The molecule has 0 radical (unpaired) electrons. The molecule has 0 spiro atoms. The molecule has 1 aromatic rings. The zero-order chi connectivity index (χ0) is 16.2. The first kappa shape index (κ1) is 22.5. The highest BCUT2D eigenvalue weighted by Gasteiger charge is 2.33. The third-order valence-corrected chi connectivity index (χ3v) is 5.79. The molecule has 3 rings (SSSR count). The maximum atomic E-state index is 10.7. The maximum absolute atomic E-state index is 10.7. The van der Waals surface area contributed by atoms with Gasteiger partial charge in [-0.1, -0.05) is 19.3 Å². The summed E-state index contributed by atoms with van der Waals surface area (Å²) in [7, 11) is 0. The van der Waals surface area contributed by atoms with Crippen molar-refractivity contribution in [2.45, 2.75) is 38.1 Å². The minimum atomic E-state index is 0. The molecule has 1 heterocycles. The molecule has 7 heteroatoms. The Hall–Kier alpha value is -0.510. The Morgan fingerprint density at radius 2 is 1.80 bits per heavy atom. The highest BCUT2D eigenvalue weighted by Crippen LogP contribution is 2.44. The monoisotopic (exact) mass is 449 g/mol. The van der Waals surface area contributed by atoms with Crippen molar-refractivity contribution in [3.05, 3.63) is 27.7 Å². The molecular weight excluding hydrogens is 425 g/mol. The lowest BCUT2D eigenvalue weighted by Gasteiger charge is -2.41. The van der Waals surface area contributed by atoms with Crippen molar-refractivity contribution in [2.24, 2.45) is 5.92 Å². The number of nitrogens with one attached hydrogen (secondary N) is 1. The minimum Gasteiger partial charge on any atom is -0.506 e. The Labute approximate surface area is 170 Å². The van der Waals surface area contributed by atoms with Crippen LogP contribution in [0.1, 0.15) is 49.3 Å². The summed E-state index contributed by atoms with van der Waals surface area (Å²) in [6.07, 6.45) is 6.28. The van der Waals surface area contributed by atoms with E-state index in [1.165, 1.54) is 32.1 Å². The topological polar surface area (TPSA) is 59.3 Å². The minimum absolute atomic E-state index is 0. The number of piperazine rings is 1. The van der Waals surface area contributed by atoms with Crippen molar-refractivity contribution in [3.63, 3.8) is 0 Å². The van der Waals surface area contributed by atoms with Crippen LogP contribution in [0.5, 0.6) is 5.75 Å². The summed E-state index contributed by atoms with van der Waals surface area (Å²) < 4.78 is 0.627. The van der Waals surface area contributed by atoms with Crippen LogP contribution in [0.3, 0.4) is 0 Å². The molecule has 0 bridgehead atoms. The molecule has 1 aliphatic carbocycles. The molecule has 1 atom stereocenters. The van der Waals surface area contributed by atoms with Gasteiger partial charge in [-0.3, -0.25) is 4.90 Å². The Morgan fingerprint density at radius 1 is 1.16 bits per heavy atom. The van der Waals surface area contributed by atoms with E-state index in [1.807, 2.05) is 6.07 Å². The van der Waals surface area contributed by atoms with Gasteiger partial charge in [-0.05, 0) is 46.8 Å². The van der Waals surface area contributed by atoms with Crippen LogP contribution in [0.15, 0.2) is 16.6 Å². The molecule has 1 aromatic carbocycles. The fraction of sp³-hybridized carbons (Fsp3) is 0.611. The number of aromatic hydroxyl groups is 1. The van der Waals surface area contributed by atoms with Crippen LogP contribution in [0.4, 0.5) is 0 Å². The Kier molecular flexibility index (Phi) is 9.55. The molecule has 140 valence electrons. The first-order valence-corrected chi connectivity index (χ1v) is 9.37. The first-order chi connectivity index (χ1) is 11.2. The van der Waals surface area contributed by atoms with Gasteiger partial charge in [0.15, 0.2) is 0 Å². The van der Waals surface area contributed by atoms with Gasteiger partial charge in [0.2, 0.25) is 0 Å². The van der Waals surface area contributed by atoms with Crippen molar-refractivity contribution in [1.29, 1.82) is 5.26 Å². The van der Waals surface area contributed by atoms with Gasteiger partial charge < -0.3 is 10.4 Å². The van der Waals surface area contributed by atoms with Crippen LogP contribution >= 0.6 is 40.7 Å². The third kappa shape index (κ3) is 5.24. The van der Waals surface area contributed by atoms with E-state index in [-0.39, 0.29) is 30.9 Å². The van der Waals surface area contributed by atoms with Gasteiger partial charge in [0.1, 0.15) is 5.75 Å². The second kappa shape index (κ2) is 10.6. The number of nitriles is 1. The number of rotatable bonds is 3. The van der Waals surface area contributed by atoms with Crippen molar-refractivity contribution in [2.75, 3.05) is 26.2 Å². The molecule has 0 aromatic heterocycles. The van der Waals surface area contributed by atoms with Crippen LogP contribution in [0.25, 0.3) is 0 Å². The Balaban J connectivity index is 0.00000156. The van der Waals surface area contributed by atoms with Gasteiger partial charge >= 0.3 is 0 Å². The number of halogens is 3. The molecule has 1 saturated carbocycles. The molecule has 2 aliphatic rings. The lowest BCUT2D eigenvalue weighted by atomic mass is 9.79. The Bertz CT molecular complexity index is 579. The van der Waals surface area contributed by atoms with Crippen molar-refractivity contribution in [1.82, 2.24) is 10.2 Å². The average molecular weight is 451 g/mol. The average Bonchev–Trinajstić information content (AvgIpc) is 2.60. The van der Waals surface area contributed by atoms with Crippen molar-refractivity contribution < 1.29 is 5.11 Å². The van der Waals surface area contributed by atoms with E-state index in [1.54, 1.807) is 6.07 Å². The number of hydrogen-bond donors (Lipinski definition) is 2. The van der Waals surface area contributed by atoms with E-state index in [0.29, 0.717) is 21.7 Å². The summed E-state index contributed by atoms with van der Waals surface area (Å²) in [5.74, 6) is 0.867. The quantitative estimate of drug-likeness (QED) is 0.716. The normalized spacial score (nSPS) is 20.0. The van der Waals surface area contributed by atoms with Crippen LogP contribution in [-0.4, -0.2) is 36.2 Å². The second-order valence-corrected chi connectivity index (χ2v) is 7.49. The van der Waals surface area contributed by atoms with Crippen LogP contribution in [0, 0.1) is 17.2 Å². The molecule has 0 amide bonds. The van der Waals surface area contributed by atoms with Crippen LogP contribution in [-0.2, 0) is 0 Å². The SMILES string of the molecule is Cl.Cl.N#Cc1cc(Br)c(O)c([C@H](C2CCCCC2)N2CCNCC2)c1. The molecule has 1 aliphatic heterocycles. The van der Waals surface area contributed by atoms with Gasteiger partial charge in [0.05, 0.1) is 16.1 Å². The van der Waals surface area contributed by atoms with Gasteiger partial charge in [-0.25, -0.2) is 0 Å². The van der Waals surface area contributed by atoms with Crippen molar-refractivity contribution in [3.8, 4) is 11.8 Å². The molecule has 2 N–H and O–H groups in total. The zero-order valence-electron chi connectivity index (χ0n) is 14.2. The van der Waals surface area contributed by atoms with E-state index in [2.05, 4.69) is 32.2 Å². The number of nitrogens with zero attached hydrogens (tertiary/aromatic N) is 2. The van der Waals surface area contributed by atoms with Crippen LogP contribution < -0.4 is 5.32 Å². The summed E-state index contributed by atoms with van der Waals surface area (Å²) in [5.41, 5.74) is 1.53. The van der Waals surface area contributed by atoms with E-state index < -0.39 is 0 Å². The lowest BCUT2D eigenvalue weighted by Crippen LogP contribution is -2.47. The Morgan fingerprint density at radius 3 is 2.40 bits per heavy atom. The second-order valence-electron chi connectivity index (χ2n) is 6.64. The van der Waals surface area contributed by atoms with E-state index in [9.17, 15) is 10.4 Å². The fourth-order valence-corrected chi connectivity index (χ4v) is 4.54. The summed E-state index contributed by atoms with van der Waals surface area (Å²) in [6.45, 7) is 3.97. The fourth-order valence-electron chi connectivity index (χ4n) is 4.07. The maximum Gasteiger partial charge on any atom is 0.134 e. The van der Waals surface area contributed by atoms with Gasteiger partial charge in [0, 0.05) is 37.8 Å². The molecule has 25 heavy (non-hydrogen) atoms. The van der Waals surface area contributed by atoms with Gasteiger partial charge in [-0.15, -0.1) is 24.8 Å². The third-order valence-electron chi connectivity index (χ3n) is 5.18. The first-order valence-electron chi connectivity index (χ1n) is 8.58. The smallest absolute Gasteiger partial charge is 0.134 e. The summed E-state index contributed by atoms with van der Waals surface area (Å²) in [4.78, 5) is 2.50. The summed E-state index contributed by atoms with van der Waals surface area (Å²) >= 11 is 3.42. The van der Waals surface area contributed by atoms with Crippen molar-refractivity contribution >= 4 is 40.7 Å². The van der Waals surface area contributed by atoms with Crippen LogP contribution in [0.2, 0.25) is 0 Å². The standard InChI is InChI=1S/C18H24BrN3O.2ClH/c19-16-11-13(12-20)10-15(18(16)23)17(14-4-2-1-3-5-14)22-8-6-21-7-9-22;;/h10-11,14,17,21,23H,1-9H2;2*1H/t17-;;/m0../s1. The van der Waals surface area contributed by atoms with Gasteiger partial charge in [-0.2, -0.15) is 5.26 Å². The summed E-state index contributed by atoms with van der Waals surface area (Å²) in [5, 5.41) is 23.4. The number of phenols is 1. The number of hydrogen-bond acceptors (Lipinski definition) is 4. The summed E-state index contributed by atoms with van der Waals surface area (Å²) in [6, 6.07) is 6.03. The molecule has 2 fully saturated rings. The zero-order valence-corrected chi connectivity index (χ0v) is 17.4. The predicted octanol–water partition coefficient (Wildman–Crippen LogP) is 4.40. The van der Waals surface area contributed by atoms with E-state index >= 15 is 0 Å². The molecular formula is C18H26BrCl2N3O. The highest BCUT2D eigenvalue weighted by atomic mass is 79.9. The molecule has 1 saturated heterocycles. The van der Waals surface area contributed by atoms with E-state index in [4.69, 9.17) is 0 Å². The van der Waals surface area contributed by atoms with Gasteiger partial charge in [0.25, 0.3) is 0 Å². The molecule has 4 nitrogen and oxygen atoms in total. The lowest BCUT2D eigenvalue weighted by molar-refractivity contribution is 0.101. The molecule has 0 unspecified atom stereocenters. The predicted molar refractivity (Wildman–Crippen MR) is 109 cm³/mol. The highest BCUT2D eigenvalue weighted by molar-refractivity contribution is 9.10. The number of benzene rings is 1. The number of phenolic OH excluding ortho intramolecular Hbond substituents is 1.